The van der Waals surface area contributed by atoms with Crippen molar-refractivity contribution in [1.29, 1.82) is 0 Å². The topological polar surface area (TPSA) is 70.7 Å². The number of hydrogen-bond donors (Lipinski definition) is 3. The minimum atomic E-state index is -0.696. The highest BCUT2D eigenvalue weighted by Gasteiger charge is 2.47. The van der Waals surface area contributed by atoms with Gasteiger partial charge in [0.2, 0.25) is 11.8 Å². The smallest absolute Gasteiger partial charge is 0.248 e. The minimum Gasteiger partial charge on any atom is -0.375 e. The van der Waals surface area contributed by atoms with E-state index in [4.69, 9.17) is 16.3 Å². The summed E-state index contributed by atoms with van der Waals surface area (Å²) in [7, 11) is 0. The van der Waals surface area contributed by atoms with Gasteiger partial charge in [0.25, 0.3) is 0 Å². The van der Waals surface area contributed by atoms with Gasteiger partial charge in [0, 0.05) is 43.2 Å². The van der Waals surface area contributed by atoms with Crippen LogP contribution in [0.1, 0.15) is 39.5 Å². The van der Waals surface area contributed by atoms with Crippen LogP contribution < -0.4 is 10.6 Å². The fraction of sp³-hybridized carbons (Fsp3) is 0.636. The third-order valence-electron chi connectivity index (χ3n) is 6.01. The van der Waals surface area contributed by atoms with E-state index in [1.54, 1.807) is 0 Å². The highest BCUT2D eigenvalue weighted by atomic mass is 35.5. The Hall–Kier alpha value is -1.44. The number of rotatable bonds is 6. The van der Waals surface area contributed by atoms with Crippen LogP contribution in [0.4, 0.5) is 5.69 Å². The third kappa shape index (κ3) is 5.83. The van der Waals surface area contributed by atoms with Crippen LogP contribution >= 0.6 is 24.2 Å². The molecule has 0 bridgehead atoms. The first-order valence-corrected chi connectivity index (χ1v) is 11.7. The van der Waals surface area contributed by atoms with Crippen LogP contribution in [0, 0.1) is 5.92 Å². The largest absolute Gasteiger partial charge is 0.375 e. The van der Waals surface area contributed by atoms with Gasteiger partial charge >= 0.3 is 0 Å². The molecule has 1 aromatic carbocycles. The fourth-order valence-corrected chi connectivity index (χ4v) is 4.89. The summed E-state index contributed by atoms with van der Waals surface area (Å²) in [5.74, 6) is 0.685. The number of ether oxygens (including phenoxy) is 1. The summed E-state index contributed by atoms with van der Waals surface area (Å²) in [4.78, 5) is 27.2. The lowest BCUT2D eigenvalue weighted by Crippen LogP contribution is -2.60. The van der Waals surface area contributed by atoms with Gasteiger partial charge in [0.1, 0.15) is 5.54 Å². The molecular weight excluding hydrogens is 422 g/mol. The van der Waals surface area contributed by atoms with E-state index in [0.29, 0.717) is 43.4 Å². The number of nitrogens with zero attached hydrogens (tertiary/aromatic N) is 1. The molecule has 0 radical (unpaired) electrons. The normalized spacial score (nSPS) is 27.5. The number of halogens is 1. The van der Waals surface area contributed by atoms with E-state index in [9.17, 15) is 9.59 Å². The zero-order valence-electron chi connectivity index (χ0n) is 17.7. The molecule has 2 fully saturated rings. The molecule has 3 rings (SSSR count). The van der Waals surface area contributed by atoms with Crippen LogP contribution in [0.5, 0.6) is 0 Å². The SMILES string of the molecule is C[C@@H]1CC(Nc2ccc(Cl)cc2)(C(=O)N2CCC(CNC(=O)CS)CC2)C[C@H](C)O1. The molecule has 0 saturated carbocycles. The fourth-order valence-electron chi connectivity index (χ4n) is 4.65. The van der Waals surface area contributed by atoms with Crippen LogP contribution in [-0.2, 0) is 14.3 Å². The van der Waals surface area contributed by atoms with Gasteiger partial charge in [0.05, 0.1) is 18.0 Å². The predicted molar refractivity (Wildman–Crippen MR) is 123 cm³/mol. The molecule has 2 aliphatic heterocycles. The lowest BCUT2D eigenvalue weighted by Gasteiger charge is -2.46. The van der Waals surface area contributed by atoms with E-state index in [1.807, 2.05) is 43.0 Å². The first kappa shape index (κ1) is 23.2. The zero-order valence-corrected chi connectivity index (χ0v) is 19.3. The zero-order chi connectivity index (χ0) is 21.7. The molecule has 1 unspecified atom stereocenters. The molecule has 0 aromatic heterocycles. The van der Waals surface area contributed by atoms with Crippen LogP contribution in [0.15, 0.2) is 24.3 Å². The quantitative estimate of drug-likeness (QED) is 0.577. The highest BCUT2D eigenvalue weighted by Crippen LogP contribution is 2.35. The summed E-state index contributed by atoms with van der Waals surface area (Å²) >= 11 is 10.0. The van der Waals surface area contributed by atoms with E-state index >= 15 is 0 Å². The molecule has 166 valence electrons. The summed E-state index contributed by atoms with van der Waals surface area (Å²) in [6.45, 7) is 6.11. The summed E-state index contributed by atoms with van der Waals surface area (Å²) in [6, 6.07) is 7.49. The van der Waals surface area contributed by atoms with E-state index in [0.717, 1.165) is 18.5 Å². The molecule has 0 spiro atoms. The molecule has 2 heterocycles. The number of nitrogens with one attached hydrogen (secondary N) is 2. The Morgan fingerprint density at radius 1 is 1.17 bits per heavy atom. The maximum absolute atomic E-state index is 13.8. The molecule has 8 heteroatoms. The Bertz CT molecular complexity index is 728. The number of likely N-dealkylation sites (tertiary alicyclic amines) is 1. The van der Waals surface area contributed by atoms with Gasteiger partial charge < -0.3 is 20.3 Å². The Morgan fingerprint density at radius 2 is 1.77 bits per heavy atom. The lowest BCUT2D eigenvalue weighted by molar-refractivity contribution is -0.146. The second kappa shape index (κ2) is 10.2. The number of amides is 2. The Morgan fingerprint density at radius 3 is 2.33 bits per heavy atom. The van der Waals surface area contributed by atoms with Crippen LogP contribution in [0.25, 0.3) is 0 Å². The van der Waals surface area contributed by atoms with Gasteiger partial charge in [-0.2, -0.15) is 12.6 Å². The van der Waals surface area contributed by atoms with Crippen molar-refractivity contribution in [1.82, 2.24) is 10.2 Å². The molecule has 2 amide bonds. The molecule has 2 aliphatic rings. The first-order chi connectivity index (χ1) is 14.3. The Kier molecular flexibility index (Phi) is 7.93. The Labute approximate surface area is 189 Å². The van der Waals surface area contributed by atoms with E-state index < -0.39 is 5.54 Å². The van der Waals surface area contributed by atoms with Crippen LogP contribution in [0.2, 0.25) is 5.02 Å². The van der Waals surface area contributed by atoms with Crippen molar-refractivity contribution >= 4 is 41.7 Å². The second-order valence-electron chi connectivity index (χ2n) is 8.58. The number of benzene rings is 1. The van der Waals surface area contributed by atoms with E-state index in [2.05, 4.69) is 23.3 Å². The number of carbonyl (C=O) groups excluding carboxylic acids is 2. The second-order valence-corrected chi connectivity index (χ2v) is 9.33. The van der Waals surface area contributed by atoms with Crippen LogP contribution in [0.3, 0.4) is 0 Å². The molecule has 1 aromatic rings. The predicted octanol–water partition coefficient (Wildman–Crippen LogP) is 3.36. The summed E-state index contributed by atoms with van der Waals surface area (Å²) in [6.07, 6.45) is 3.00. The molecule has 3 atom stereocenters. The minimum absolute atomic E-state index is 0.00788. The van der Waals surface area contributed by atoms with Crippen molar-refractivity contribution < 1.29 is 14.3 Å². The first-order valence-electron chi connectivity index (χ1n) is 10.7. The van der Waals surface area contributed by atoms with Crippen molar-refractivity contribution in [3.05, 3.63) is 29.3 Å². The maximum atomic E-state index is 13.8. The van der Waals surface area contributed by atoms with Gasteiger partial charge in [0.15, 0.2) is 0 Å². The summed E-state index contributed by atoms with van der Waals surface area (Å²) in [5.41, 5.74) is 0.191. The molecule has 2 saturated heterocycles. The van der Waals surface area contributed by atoms with Gasteiger partial charge in [-0.05, 0) is 56.9 Å². The van der Waals surface area contributed by atoms with Crippen molar-refractivity contribution in [2.75, 3.05) is 30.7 Å². The lowest BCUT2D eigenvalue weighted by atomic mass is 9.81. The molecule has 0 aliphatic carbocycles. The number of piperidine rings is 1. The van der Waals surface area contributed by atoms with Crippen molar-refractivity contribution in [2.24, 2.45) is 5.92 Å². The number of thiol groups is 1. The average molecular weight is 454 g/mol. The monoisotopic (exact) mass is 453 g/mol. The highest BCUT2D eigenvalue weighted by molar-refractivity contribution is 7.81. The standard InChI is InChI=1S/C22H32ClN3O3S/c1-15-11-22(12-16(2)29-15,25-19-5-3-18(23)4-6-19)21(28)26-9-7-17(8-10-26)13-24-20(27)14-30/h3-6,15-17,25,30H,7-14H2,1-2H3,(H,24,27)/t15-,16+,22?. The van der Waals surface area contributed by atoms with Gasteiger partial charge in [-0.25, -0.2) is 0 Å². The molecule has 30 heavy (non-hydrogen) atoms. The number of hydrogen-bond acceptors (Lipinski definition) is 5. The van der Waals surface area contributed by atoms with Crippen molar-refractivity contribution in [3.63, 3.8) is 0 Å². The third-order valence-corrected chi connectivity index (χ3v) is 6.55. The summed E-state index contributed by atoms with van der Waals surface area (Å²) in [5, 5.41) is 7.12. The van der Waals surface area contributed by atoms with E-state index in [-0.39, 0.29) is 29.8 Å². The summed E-state index contributed by atoms with van der Waals surface area (Å²) < 4.78 is 5.94. The molecule has 2 N–H and O–H groups in total. The number of carbonyl (C=O) groups is 2. The van der Waals surface area contributed by atoms with E-state index in [1.165, 1.54) is 0 Å². The van der Waals surface area contributed by atoms with Gasteiger partial charge in [-0.1, -0.05) is 11.6 Å². The molecule has 6 nitrogen and oxygen atoms in total. The van der Waals surface area contributed by atoms with Crippen molar-refractivity contribution in [3.8, 4) is 0 Å². The molecular formula is C22H32ClN3O3S. The average Bonchev–Trinajstić information content (AvgIpc) is 2.72. The number of anilines is 1. The van der Waals surface area contributed by atoms with Gasteiger partial charge in [-0.3, -0.25) is 9.59 Å². The van der Waals surface area contributed by atoms with Gasteiger partial charge in [-0.15, -0.1) is 0 Å². The maximum Gasteiger partial charge on any atom is 0.248 e. The van der Waals surface area contributed by atoms with Crippen molar-refractivity contribution in [2.45, 2.75) is 57.3 Å². The Balaban J connectivity index is 1.70. The van der Waals surface area contributed by atoms with Crippen LogP contribution in [-0.4, -0.2) is 59.8 Å².